The van der Waals surface area contributed by atoms with Crippen LogP contribution in [0.5, 0.6) is 0 Å². The van der Waals surface area contributed by atoms with Crippen molar-refractivity contribution in [1.82, 2.24) is 15.1 Å². The Hall–Kier alpha value is -1.54. The summed E-state index contributed by atoms with van der Waals surface area (Å²) in [5, 5.41) is 14.7. The first kappa shape index (κ1) is 29.4. The van der Waals surface area contributed by atoms with Crippen LogP contribution in [0.15, 0.2) is 36.4 Å². The first-order chi connectivity index (χ1) is 18.1. The number of aliphatic hydroxyl groups is 1. The molecular formula is C28H33Cl4N3O3. The van der Waals surface area contributed by atoms with E-state index in [9.17, 15) is 14.7 Å². The van der Waals surface area contributed by atoms with Gasteiger partial charge in [-0.25, -0.2) is 0 Å². The second-order valence-electron chi connectivity index (χ2n) is 10.4. The molecule has 0 radical (unpaired) electrons. The molecule has 2 amide bonds. The molecule has 206 valence electrons. The van der Waals surface area contributed by atoms with Crippen LogP contribution in [0.4, 0.5) is 0 Å². The van der Waals surface area contributed by atoms with Crippen LogP contribution in [-0.4, -0.2) is 65.5 Å². The SMILES string of the molecule is CC(CCN1CCC(N2CCCC2=O)CC1)(C(=O)N[C@H](CO)c1ccc(Cl)c(Cl)c1)c1ccc(Cl)c(Cl)c1. The number of carbonyl (C=O) groups excluding carboxylic acids is 2. The Balaban J connectivity index is 1.49. The van der Waals surface area contributed by atoms with E-state index >= 15 is 0 Å². The Morgan fingerprint density at radius 3 is 2.26 bits per heavy atom. The van der Waals surface area contributed by atoms with Crippen LogP contribution in [0.3, 0.4) is 0 Å². The molecule has 38 heavy (non-hydrogen) atoms. The van der Waals surface area contributed by atoms with Gasteiger partial charge in [-0.1, -0.05) is 58.5 Å². The lowest BCUT2D eigenvalue weighted by Crippen LogP contribution is -2.49. The van der Waals surface area contributed by atoms with E-state index in [0.29, 0.717) is 51.1 Å². The van der Waals surface area contributed by atoms with Crippen molar-refractivity contribution in [3.8, 4) is 0 Å². The quantitative estimate of drug-likeness (QED) is 0.377. The maximum atomic E-state index is 13.9. The molecule has 1 unspecified atom stereocenters. The summed E-state index contributed by atoms with van der Waals surface area (Å²) < 4.78 is 0. The summed E-state index contributed by atoms with van der Waals surface area (Å²) in [7, 11) is 0. The topological polar surface area (TPSA) is 72.9 Å². The van der Waals surface area contributed by atoms with E-state index in [4.69, 9.17) is 46.4 Å². The Morgan fingerprint density at radius 2 is 1.68 bits per heavy atom. The fraction of sp³-hybridized carbons (Fsp3) is 0.500. The van der Waals surface area contributed by atoms with E-state index in [1.807, 2.05) is 17.9 Å². The van der Waals surface area contributed by atoms with Crippen LogP contribution in [0.2, 0.25) is 20.1 Å². The van der Waals surface area contributed by atoms with Crippen molar-refractivity contribution in [2.75, 3.05) is 32.8 Å². The number of halogens is 4. The second kappa shape index (κ2) is 12.8. The number of aliphatic hydroxyl groups excluding tert-OH is 1. The van der Waals surface area contributed by atoms with E-state index < -0.39 is 11.5 Å². The van der Waals surface area contributed by atoms with E-state index in [-0.39, 0.29) is 18.4 Å². The van der Waals surface area contributed by atoms with Crippen LogP contribution in [0.1, 0.15) is 56.2 Å². The fourth-order valence-electron chi connectivity index (χ4n) is 5.40. The van der Waals surface area contributed by atoms with Crippen LogP contribution in [-0.2, 0) is 15.0 Å². The molecule has 10 heteroatoms. The largest absolute Gasteiger partial charge is 0.394 e. The van der Waals surface area contributed by atoms with E-state index in [1.165, 1.54) is 0 Å². The summed E-state index contributed by atoms with van der Waals surface area (Å²) in [5.74, 6) is 0.0336. The van der Waals surface area contributed by atoms with E-state index in [1.54, 1.807) is 30.3 Å². The predicted octanol–water partition coefficient (Wildman–Crippen LogP) is 5.88. The minimum atomic E-state index is -0.945. The number of carbonyl (C=O) groups is 2. The Kier molecular flexibility index (Phi) is 9.88. The monoisotopic (exact) mass is 599 g/mol. The molecule has 2 aromatic rings. The number of piperidine rings is 1. The lowest BCUT2D eigenvalue weighted by molar-refractivity contribution is -0.131. The highest BCUT2D eigenvalue weighted by Gasteiger charge is 2.38. The molecule has 0 saturated carbocycles. The van der Waals surface area contributed by atoms with Gasteiger partial charge in [0, 0.05) is 32.1 Å². The molecule has 2 N–H and O–H groups in total. The Labute approximate surface area is 244 Å². The molecular weight excluding hydrogens is 568 g/mol. The minimum Gasteiger partial charge on any atom is -0.394 e. The average Bonchev–Trinajstić information content (AvgIpc) is 3.34. The van der Waals surface area contributed by atoms with Gasteiger partial charge < -0.3 is 20.2 Å². The number of nitrogens with zero attached hydrogens (tertiary/aromatic N) is 2. The number of hydrogen-bond donors (Lipinski definition) is 2. The maximum absolute atomic E-state index is 13.9. The molecule has 2 atom stereocenters. The fourth-order valence-corrected chi connectivity index (χ4v) is 6.01. The zero-order valence-electron chi connectivity index (χ0n) is 21.4. The van der Waals surface area contributed by atoms with Crippen molar-refractivity contribution < 1.29 is 14.7 Å². The van der Waals surface area contributed by atoms with Gasteiger partial charge in [0.15, 0.2) is 0 Å². The van der Waals surface area contributed by atoms with Crippen molar-refractivity contribution >= 4 is 58.2 Å². The highest BCUT2D eigenvalue weighted by molar-refractivity contribution is 6.42. The predicted molar refractivity (Wildman–Crippen MR) is 153 cm³/mol. The molecule has 2 saturated heterocycles. The number of likely N-dealkylation sites (tertiary alicyclic amines) is 2. The summed E-state index contributed by atoms with van der Waals surface area (Å²) in [6.45, 7) is 4.89. The smallest absolute Gasteiger partial charge is 0.230 e. The van der Waals surface area contributed by atoms with Gasteiger partial charge in [0.1, 0.15) is 0 Å². The zero-order chi connectivity index (χ0) is 27.4. The third-order valence-electron chi connectivity index (χ3n) is 7.93. The molecule has 2 aromatic carbocycles. The highest BCUT2D eigenvalue weighted by Crippen LogP contribution is 2.35. The van der Waals surface area contributed by atoms with Gasteiger partial charge >= 0.3 is 0 Å². The molecule has 4 rings (SSSR count). The van der Waals surface area contributed by atoms with Gasteiger partial charge in [-0.3, -0.25) is 9.59 Å². The standard InChI is InChI=1S/C28H33Cl4N3O3/c1-28(19-5-7-22(30)24(32)16-19,27(38)33-25(17-36)18-4-6-21(29)23(31)15-18)10-14-34-12-8-20(9-13-34)35-11-2-3-26(35)37/h4-7,15-16,20,25,36H,2-3,8-14,17H2,1H3,(H,33,38)/t25-,28?/m1/s1. The van der Waals surface area contributed by atoms with Crippen molar-refractivity contribution in [3.05, 3.63) is 67.6 Å². The van der Waals surface area contributed by atoms with Gasteiger partial charge in [0.25, 0.3) is 0 Å². The molecule has 2 fully saturated rings. The second-order valence-corrected chi connectivity index (χ2v) is 12.0. The van der Waals surface area contributed by atoms with Crippen molar-refractivity contribution in [3.63, 3.8) is 0 Å². The van der Waals surface area contributed by atoms with Gasteiger partial charge in [0.2, 0.25) is 11.8 Å². The summed E-state index contributed by atoms with van der Waals surface area (Å²) in [6.07, 6.45) is 4.02. The van der Waals surface area contributed by atoms with Crippen LogP contribution in [0, 0.1) is 0 Å². The van der Waals surface area contributed by atoms with Gasteiger partial charge in [-0.2, -0.15) is 0 Å². The summed E-state index contributed by atoms with van der Waals surface area (Å²) in [6, 6.07) is 9.94. The third-order valence-corrected chi connectivity index (χ3v) is 9.41. The maximum Gasteiger partial charge on any atom is 0.230 e. The molecule has 0 bridgehead atoms. The molecule has 0 spiro atoms. The molecule has 0 aromatic heterocycles. The van der Waals surface area contributed by atoms with Gasteiger partial charge in [-0.15, -0.1) is 0 Å². The molecule has 2 aliphatic heterocycles. The first-order valence-corrected chi connectivity index (χ1v) is 14.5. The van der Waals surface area contributed by atoms with Crippen LogP contribution in [0.25, 0.3) is 0 Å². The Bertz CT molecular complexity index is 1170. The zero-order valence-corrected chi connectivity index (χ0v) is 24.4. The number of rotatable bonds is 9. The molecule has 2 aliphatic rings. The lowest BCUT2D eigenvalue weighted by Gasteiger charge is -2.38. The van der Waals surface area contributed by atoms with Crippen LogP contribution < -0.4 is 5.32 Å². The number of hydrogen-bond acceptors (Lipinski definition) is 4. The summed E-state index contributed by atoms with van der Waals surface area (Å²) in [5.41, 5.74) is 0.456. The average molecular weight is 601 g/mol. The molecule has 2 heterocycles. The number of amides is 2. The van der Waals surface area contributed by atoms with Crippen molar-refractivity contribution in [2.45, 2.75) is 56.5 Å². The highest BCUT2D eigenvalue weighted by atomic mass is 35.5. The Morgan fingerprint density at radius 1 is 1.03 bits per heavy atom. The lowest BCUT2D eigenvalue weighted by atomic mass is 9.78. The molecule has 6 nitrogen and oxygen atoms in total. The minimum absolute atomic E-state index is 0.237. The van der Waals surface area contributed by atoms with E-state index in [0.717, 1.165) is 44.5 Å². The van der Waals surface area contributed by atoms with Gasteiger partial charge in [0.05, 0.1) is 38.2 Å². The van der Waals surface area contributed by atoms with E-state index in [2.05, 4.69) is 10.2 Å². The van der Waals surface area contributed by atoms with Crippen LogP contribution >= 0.6 is 46.4 Å². The van der Waals surface area contributed by atoms with Gasteiger partial charge in [-0.05, 0) is 74.5 Å². The normalized spacial score (nSPS) is 19.4. The third kappa shape index (κ3) is 6.60. The van der Waals surface area contributed by atoms with Crippen molar-refractivity contribution in [2.24, 2.45) is 0 Å². The number of benzene rings is 2. The summed E-state index contributed by atoms with van der Waals surface area (Å²) >= 11 is 24.8. The first-order valence-electron chi connectivity index (χ1n) is 13.0. The molecule has 0 aliphatic carbocycles. The van der Waals surface area contributed by atoms with Crippen molar-refractivity contribution in [1.29, 1.82) is 0 Å². The number of nitrogens with one attached hydrogen (secondary N) is 1. The summed E-state index contributed by atoms with van der Waals surface area (Å²) in [4.78, 5) is 30.4.